The number of sulfonamides is 1. The number of carboxylic acids is 1. The van der Waals surface area contributed by atoms with E-state index < -0.39 is 27.9 Å². The Morgan fingerprint density at radius 3 is 2.42 bits per heavy atom. The molecule has 8 heteroatoms. The van der Waals surface area contributed by atoms with Crippen molar-refractivity contribution in [2.45, 2.75) is 56.9 Å². The molecule has 0 aliphatic heterocycles. The van der Waals surface area contributed by atoms with Crippen molar-refractivity contribution in [2.24, 2.45) is 5.92 Å². The summed E-state index contributed by atoms with van der Waals surface area (Å²) >= 11 is 0. The number of carboxylic acid groups (broad SMARTS) is 1. The molecule has 0 fully saturated rings. The smallest absolute Gasteiger partial charge is 0.326 e. The first-order valence-corrected chi connectivity index (χ1v) is 10.3. The molecule has 1 amide bonds. The summed E-state index contributed by atoms with van der Waals surface area (Å²) < 4.78 is 27.2. The summed E-state index contributed by atoms with van der Waals surface area (Å²) in [6, 6.07) is 4.16. The van der Waals surface area contributed by atoms with E-state index in [0.29, 0.717) is 0 Å². The average Bonchev–Trinajstić information content (AvgIpc) is 2.58. The van der Waals surface area contributed by atoms with Crippen LogP contribution in [0.4, 0.5) is 0 Å². The zero-order chi connectivity index (χ0) is 19.3. The Morgan fingerprint density at radius 1 is 1.15 bits per heavy atom. The maximum absolute atomic E-state index is 12.4. The number of carbonyl (C=O) groups is 2. The van der Waals surface area contributed by atoms with Gasteiger partial charge < -0.3 is 10.4 Å². The molecule has 1 atom stereocenters. The van der Waals surface area contributed by atoms with Crippen LogP contribution in [0.15, 0.2) is 23.1 Å². The van der Waals surface area contributed by atoms with Crippen molar-refractivity contribution in [3.05, 3.63) is 29.3 Å². The number of hydrogen-bond acceptors (Lipinski definition) is 4. The van der Waals surface area contributed by atoms with Gasteiger partial charge in [0.15, 0.2) is 0 Å². The zero-order valence-electron chi connectivity index (χ0n) is 15.1. The summed E-state index contributed by atoms with van der Waals surface area (Å²) in [7, 11) is -3.70. The molecule has 0 heterocycles. The van der Waals surface area contributed by atoms with Crippen LogP contribution in [-0.4, -0.2) is 38.0 Å². The van der Waals surface area contributed by atoms with Crippen LogP contribution < -0.4 is 10.0 Å². The Labute approximate surface area is 154 Å². The molecule has 26 heavy (non-hydrogen) atoms. The Bertz CT molecular complexity index is 774. The van der Waals surface area contributed by atoms with Crippen molar-refractivity contribution < 1.29 is 23.1 Å². The molecule has 0 unspecified atom stereocenters. The monoisotopic (exact) mass is 382 g/mol. The molecular weight excluding hydrogens is 356 g/mol. The zero-order valence-corrected chi connectivity index (χ0v) is 15.9. The minimum Gasteiger partial charge on any atom is -0.480 e. The lowest BCUT2D eigenvalue weighted by atomic mass is 9.92. The van der Waals surface area contributed by atoms with Crippen molar-refractivity contribution >= 4 is 21.9 Å². The van der Waals surface area contributed by atoms with Gasteiger partial charge in [0.1, 0.15) is 6.04 Å². The Morgan fingerprint density at radius 2 is 1.81 bits per heavy atom. The minimum absolute atomic E-state index is 0.0876. The standard InChI is InChI=1S/C18H26N2O5S/c1-12(2)17(18(22)23)20-16(21)9-10-19-26(24,25)15-8-7-13-5-3-4-6-14(13)11-15/h7-8,11-12,17,19H,3-6,9-10H2,1-2H3,(H,20,21)(H,22,23)/t17-/m0/s1. The summed E-state index contributed by atoms with van der Waals surface area (Å²) in [4.78, 5) is 23.2. The minimum atomic E-state index is -3.70. The lowest BCUT2D eigenvalue weighted by molar-refractivity contribution is -0.143. The maximum Gasteiger partial charge on any atom is 0.326 e. The van der Waals surface area contributed by atoms with Gasteiger partial charge in [0, 0.05) is 13.0 Å². The summed E-state index contributed by atoms with van der Waals surface area (Å²) in [5.74, 6) is -1.87. The van der Waals surface area contributed by atoms with Gasteiger partial charge in [0.2, 0.25) is 15.9 Å². The fourth-order valence-electron chi connectivity index (χ4n) is 3.02. The van der Waals surface area contributed by atoms with Gasteiger partial charge in [-0.3, -0.25) is 4.79 Å². The van der Waals surface area contributed by atoms with Gasteiger partial charge in [-0.2, -0.15) is 0 Å². The van der Waals surface area contributed by atoms with E-state index in [1.807, 2.05) is 6.07 Å². The van der Waals surface area contributed by atoms with Crippen LogP contribution in [0.25, 0.3) is 0 Å². The fourth-order valence-corrected chi connectivity index (χ4v) is 4.10. The molecule has 0 radical (unpaired) electrons. The molecular formula is C18H26N2O5S. The lowest BCUT2D eigenvalue weighted by Gasteiger charge is -2.18. The van der Waals surface area contributed by atoms with Crippen LogP contribution in [0, 0.1) is 5.92 Å². The Hall–Kier alpha value is -1.93. The normalized spacial score (nSPS) is 15.3. The first kappa shape index (κ1) is 20.4. The number of aryl methyl sites for hydroxylation is 2. The molecule has 3 N–H and O–H groups in total. The number of nitrogens with one attached hydrogen (secondary N) is 2. The summed E-state index contributed by atoms with van der Waals surface area (Å²) in [5.41, 5.74) is 2.26. The van der Waals surface area contributed by atoms with E-state index in [1.54, 1.807) is 26.0 Å². The van der Waals surface area contributed by atoms with Gasteiger partial charge in [-0.25, -0.2) is 17.9 Å². The molecule has 1 aromatic rings. The van der Waals surface area contributed by atoms with Gasteiger partial charge in [0.05, 0.1) is 4.90 Å². The Balaban J connectivity index is 1.92. The van der Waals surface area contributed by atoms with Crippen molar-refractivity contribution in [3.8, 4) is 0 Å². The largest absolute Gasteiger partial charge is 0.480 e. The van der Waals surface area contributed by atoms with Gasteiger partial charge in [-0.1, -0.05) is 19.9 Å². The number of benzene rings is 1. The number of hydrogen-bond donors (Lipinski definition) is 3. The summed E-state index contributed by atoms with van der Waals surface area (Å²) in [5, 5.41) is 11.5. The maximum atomic E-state index is 12.4. The quantitative estimate of drug-likeness (QED) is 0.630. The molecule has 1 aromatic carbocycles. The van der Waals surface area contributed by atoms with Crippen LogP contribution in [0.5, 0.6) is 0 Å². The fraction of sp³-hybridized carbons (Fsp3) is 0.556. The molecule has 1 aliphatic carbocycles. The van der Waals surface area contributed by atoms with Crippen molar-refractivity contribution in [2.75, 3.05) is 6.54 Å². The van der Waals surface area contributed by atoms with Crippen LogP contribution in [0.1, 0.15) is 44.2 Å². The van der Waals surface area contributed by atoms with E-state index in [1.165, 1.54) is 5.56 Å². The second-order valence-electron chi connectivity index (χ2n) is 6.91. The van der Waals surface area contributed by atoms with Crippen LogP contribution in [0.2, 0.25) is 0 Å². The molecule has 0 spiro atoms. The second-order valence-corrected chi connectivity index (χ2v) is 8.68. The first-order chi connectivity index (χ1) is 12.2. The third-order valence-electron chi connectivity index (χ3n) is 4.52. The second kappa shape index (κ2) is 8.64. The summed E-state index contributed by atoms with van der Waals surface area (Å²) in [6.45, 7) is 3.30. The third-order valence-corrected chi connectivity index (χ3v) is 5.98. The van der Waals surface area contributed by atoms with Crippen molar-refractivity contribution in [1.82, 2.24) is 10.0 Å². The first-order valence-electron chi connectivity index (χ1n) is 8.84. The number of aliphatic carboxylic acids is 1. The van der Waals surface area contributed by atoms with E-state index >= 15 is 0 Å². The lowest BCUT2D eigenvalue weighted by Crippen LogP contribution is -2.45. The predicted octanol–water partition coefficient (Wildman–Crippen LogP) is 1.46. The highest BCUT2D eigenvalue weighted by molar-refractivity contribution is 7.89. The van der Waals surface area contributed by atoms with E-state index in [2.05, 4.69) is 10.0 Å². The number of amides is 1. The van der Waals surface area contributed by atoms with Crippen LogP contribution in [0.3, 0.4) is 0 Å². The van der Waals surface area contributed by atoms with Gasteiger partial charge in [0.25, 0.3) is 0 Å². The SMILES string of the molecule is CC(C)[C@H](NC(=O)CCNS(=O)(=O)c1ccc2c(c1)CCCC2)C(=O)O. The molecule has 144 valence electrons. The number of rotatable bonds is 8. The summed E-state index contributed by atoms with van der Waals surface area (Å²) in [6.07, 6.45) is 3.92. The van der Waals surface area contributed by atoms with E-state index in [0.717, 1.165) is 31.2 Å². The van der Waals surface area contributed by atoms with Crippen molar-refractivity contribution in [1.29, 1.82) is 0 Å². The van der Waals surface area contributed by atoms with Gasteiger partial charge in [-0.15, -0.1) is 0 Å². The highest BCUT2D eigenvalue weighted by Gasteiger charge is 2.23. The molecule has 0 aromatic heterocycles. The van der Waals surface area contributed by atoms with Crippen LogP contribution >= 0.6 is 0 Å². The highest BCUT2D eigenvalue weighted by Crippen LogP contribution is 2.24. The molecule has 2 rings (SSSR count). The van der Waals surface area contributed by atoms with Crippen molar-refractivity contribution in [3.63, 3.8) is 0 Å². The van der Waals surface area contributed by atoms with Gasteiger partial charge in [-0.05, 0) is 54.9 Å². The third kappa shape index (κ3) is 5.28. The molecule has 7 nitrogen and oxygen atoms in total. The van der Waals surface area contributed by atoms with E-state index in [4.69, 9.17) is 5.11 Å². The molecule has 0 saturated carbocycles. The average molecular weight is 382 g/mol. The van der Waals surface area contributed by atoms with E-state index in [-0.39, 0.29) is 23.8 Å². The van der Waals surface area contributed by atoms with Crippen LogP contribution in [-0.2, 0) is 32.5 Å². The molecule has 0 bridgehead atoms. The predicted molar refractivity (Wildman–Crippen MR) is 97.3 cm³/mol. The Kier molecular flexibility index (Phi) is 6.77. The highest BCUT2D eigenvalue weighted by atomic mass is 32.2. The van der Waals surface area contributed by atoms with Gasteiger partial charge >= 0.3 is 5.97 Å². The number of fused-ring (bicyclic) bond motifs is 1. The molecule has 1 aliphatic rings. The van der Waals surface area contributed by atoms with E-state index in [9.17, 15) is 18.0 Å². The molecule has 0 saturated heterocycles. The number of carbonyl (C=O) groups excluding carboxylic acids is 1. The topological polar surface area (TPSA) is 113 Å².